The number of nitrogens with one attached hydrogen (secondary N) is 4. The van der Waals surface area contributed by atoms with Crippen LogP contribution in [-0.4, -0.2) is 21.9 Å². The molecule has 0 saturated carbocycles. The van der Waals surface area contributed by atoms with Crippen LogP contribution in [0, 0.1) is 0 Å². The van der Waals surface area contributed by atoms with Gasteiger partial charge in [-0.3, -0.25) is 4.79 Å². The Bertz CT molecular complexity index is 909. The molecule has 4 N–H and O–H groups in total. The van der Waals surface area contributed by atoms with E-state index in [1.807, 2.05) is 61.7 Å². The van der Waals surface area contributed by atoms with E-state index in [0.29, 0.717) is 6.42 Å². The molecule has 2 heterocycles. The smallest absolute Gasteiger partial charge is 0.239 e. The van der Waals surface area contributed by atoms with Crippen LogP contribution in [0.4, 0.5) is 0 Å². The second-order valence-corrected chi connectivity index (χ2v) is 7.06. The number of imidazole rings is 1. The van der Waals surface area contributed by atoms with E-state index in [1.54, 1.807) is 0 Å². The maximum Gasteiger partial charge on any atom is 0.239 e. The summed E-state index contributed by atoms with van der Waals surface area (Å²) in [6.07, 6.45) is 3.29. The molecule has 28 heavy (non-hydrogen) atoms. The second-order valence-electron chi connectivity index (χ2n) is 7.06. The first-order valence-electron chi connectivity index (χ1n) is 9.71. The van der Waals surface area contributed by atoms with E-state index in [9.17, 15) is 4.79 Å². The van der Waals surface area contributed by atoms with Crippen molar-refractivity contribution in [3.05, 3.63) is 78.2 Å². The summed E-state index contributed by atoms with van der Waals surface area (Å²) in [6.45, 7) is 2.04. The normalized spacial score (nSPS) is 20.0. The Morgan fingerprint density at radius 2 is 1.82 bits per heavy atom. The number of nitrogens with zero attached hydrogens (tertiary/aromatic N) is 1. The van der Waals surface area contributed by atoms with Crippen molar-refractivity contribution in [3.8, 4) is 11.3 Å². The average Bonchev–Trinajstić information content (AvgIpc) is 3.43. The molecule has 3 atom stereocenters. The Morgan fingerprint density at radius 3 is 2.54 bits per heavy atom. The minimum Gasteiger partial charge on any atom is -0.345 e. The lowest BCUT2D eigenvalue weighted by atomic mass is 10.0. The fourth-order valence-corrected chi connectivity index (χ4v) is 3.55. The molecule has 0 radical (unpaired) electrons. The number of rotatable bonds is 6. The van der Waals surface area contributed by atoms with E-state index in [0.717, 1.165) is 23.5 Å². The fraction of sp³-hybridized carbons (Fsp3) is 0.273. The number of hydrogen-bond acceptors (Lipinski definition) is 4. The summed E-state index contributed by atoms with van der Waals surface area (Å²) in [5, 5.41) is 3.13. The third-order valence-corrected chi connectivity index (χ3v) is 5.16. The number of hydrazine groups is 1. The summed E-state index contributed by atoms with van der Waals surface area (Å²) in [6, 6.07) is 19.9. The number of carbonyl (C=O) groups excluding carboxylic acids is 1. The van der Waals surface area contributed by atoms with Crippen LogP contribution in [0.2, 0.25) is 0 Å². The van der Waals surface area contributed by atoms with Gasteiger partial charge in [-0.2, -0.15) is 0 Å². The van der Waals surface area contributed by atoms with Gasteiger partial charge in [0.05, 0.1) is 17.9 Å². The third kappa shape index (κ3) is 3.98. The molecule has 2 aromatic carbocycles. The van der Waals surface area contributed by atoms with Gasteiger partial charge < -0.3 is 10.3 Å². The van der Waals surface area contributed by atoms with Crippen LogP contribution >= 0.6 is 0 Å². The van der Waals surface area contributed by atoms with Gasteiger partial charge in [0.1, 0.15) is 11.9 Å². The predicted octanol–water partition coefficient (Wildman–Crippen LogP) is 3.25. The Labute approximate surface area is 164 Å². The van der Waals surface area contributed by atoms with E-state index in [4.69, 9.17) is 0 Å². The fourth-order valence-electron chi connectivity index (χ4n) is 3.55. The summed E-state index contributed by atoms with van der Waals surface area (Å²) >= 11 is 0. The van der Waals surface area contributed by atoms with Crippen LogP contribution in [0.25, 0.3) is 11.3 Å². The lowest BCUT2D eigenvalue weighted by molar-refractivity contribution is -0.123. The zero-order chi connectivity index (χ0) is 19.3. The second kappa shape index (κ2) is 8.37. The molecule has 0 aliphatic carbocycles. The molecule has 1 aliphatic rings. The van der Waals surface area contributed by atoms with E-state index in [-0.39, 0.29) is 24.0 Å². The molecule has 6 nitrogen and oxygen atoms in total. The highest BCUT2D eigenvalue weighted by atomic mass is 16.2. The topological polar surface area (TPSA) is 81.8 Å². The van der Waals surface area contributed by atoms with Crippen molar-refractivity contribution >= 4 is 5.91 Å². The minimum atomic E-state index is -0.275. The number of aromatic amines is 1. The molecular weight excluding hydrogens is 350 g/mol. The molecule has 1 aromatic heterocycles. The molecule has 1 saturated heterocycles. The maximum absolute atomic E-state index is 12.8. The van der Waals surface area contributed by atoms with Gasteiger partial charge in [-0.05, 0) is 24.0 Å². The Morgan fingerprint density at radius 1 is 1.11 bits per heavy atom. The summed E-state index contributed by atoms with van der Waals surface area (Å²) < 4.78 is 0. The highest BCUT2D eigenvalue weighted by molar-refractivity contribution is 5.82. The van der Waals surface area contributed by atoms with Gasteiger partial charge in [-0.1, -0.05) is 67.6 Å². The van der Waals surface area contributed by atoms with Gasteiger partial charge in [-0.25, -0.2) is 15.8 Å². The van der Waals surface area contributed by atoms with Crippen molar-refractivity contribution in [2.75, 3.05) is 0 Å². The quantitative estimate of drug-likeness (QED) is 0.533. The van der Waals surface area contributed by atoms with Crippen molar-refractivity contribution in [2.45, 2.75) is 37.9 Å². The van der Waals surface area contributed by atoms with Gasteiger partial charge in [0.25, 0.3) is 0 Å². The largest absolute Gasteiger partial charge is 0.345 e. The lowest BCUT2D eigenvalue weighted by Crippen LogP contribution is -2.44. The van der Waals surface area contributed by atoms with E-state index < -0.39 is 0 Å². The van der Waals surface area contributed by atoms with Gasteiger partial charge in [0, 0.05) is 6.04 Å². The Balaban J connectivity index is 1.40. The highest BCUT2D eigenvalue weighted by Gasteiger charge is 2.31. The number of carbonyl (C=O) groups is 1. The van der Waals surface area contributed by atoms with Gasteiger partial charge in [0.15, 0.2) is 0 Å². The summed E-state index contributed by atoms with van der Waals surface area (Å²) in [5.41, 5.74) is 9.56. The van der Waals surface area contributed by atoms with Crippen LogP contribution in [-0.2, 0) is 4.79 Å². The molecule has 144 valence electrons. The maximum atomic E-state index is 12.8. The molecule has 3 aromatic rings. The van der Waals surface area contributed by atoms with Crippen molar-refractivity contribution in [3.63, 3.8) is 0 Å². The van der Waals surface area contributed by atoms with Crippen LogP contribution in [0.15, 0.2) is 66.9 Å². The molecule has 1 aliphatic heterocycles. The predicted molar refractivity (Wildman–Crippen MR) is 109 cm³/mol. The Hall–Kier alpha value is -2.96. The first-order valence-corrected chi connectivity index (χ1v) is 9.71. The van der Waals surface area contributed by atoms with E-state index in [2.05, 4.69) is 38.3 Å². The number of benzene rings is 2. The first kappa shape index (κ1) is 18.4. The van der Waals surface area contributed by atoms with Crippen LogP contribution in [0.3, 0.4) is 0 Å². The number of H-pyrrole nitrogens is 1. The number of amides is 1. The van der Waals surface area contributed by atoms with Gasteiger partial charge >= 0.3 is 0 Å². The monoisotopic (exact) mass is 375 g/mol. The Kier molecular flexibility index (Phi) is 5.50. The van der Waals surface area contributed by atoms with E-state index >= 15 is 0 Å². The first-order chi connectivity index (χ1) is 13.7. The highest BCUT2D eigenvalue weighted by Crippen LogP contribution is 2.24. The van der Waals surface area contributed by atoms with Crippen LogP contribution < -0.4 is 16.2 Å². The number of hydrogen-bond donors (Lipinski definition) is 4. The molecule has 6 heteroatoms. The van der Waals surface area contributed by atoms with Crippen LogP contribution in [0.1, 0.15) is 43.2 Å². The SMILES string of the molecule is CCC(NC(=O)C1CC(c2ccccc2)NN1)c1ncc(-c2ccccc2)[nH]1. The van der Waals surface area contributed by atoms with Crippen molar-refractivity contribution < 1.29 is 4.79 Å². The molecule has 3 unspecified atom stereocenters. The molecule has 0 bridgehead atoms. The summed E-state index contributed by atoms with van der Waals surface area (Å²) in [7, 11) is 0. The van der Waals surface area contributed by atoms with Crippen molar-refractivity contribution in [2.24, 2.45) is 0 Å². The lowest BCUT2D eigenvalue weighted by Gasteiger charge is -2.17. The number of aromatic nitrogens is 2. The van der Waals surface area contributed by atoms with Crippen LogP contribution in [0.5, 0.6) is 0 Å². The van der Waals surface area contributed by atoms with E-state index in [1.165, 1.54) is 5.56 Å². The zero-order valence-corrected chi connectivity index (χ0v) is 15.9. The molecule has 0 spiro atoms. The molecule has 1 fully saturated rings. The zero-order valence-electron chi connectivity index (χ0n) is 15.9. The molecule has 1 amide bonds. The van der Waals surface area contributed by atoms with Gasteiger partial charge in [0.2, 0.25) is 5.91 Å². The van der Waals surface area contributed by atoms with Gasteiger partial charge in [-0.15, -0.1) is 0 Å². The average molecular weight is 375 g/mol. The molecular formula is C22H25N5O. The third-order valence-electron chi connectivity index (χ3n) is 5.16. The minimum absolute atomic E-state index is 0.0181. The standard InChI is InChI=1S/C22H25N5O/c1-2-17(21-23-14-20(24-21)16-11-7-4-8-12-16)25-22(28)19-13-18(26-27-19)15-9-5-3-6-10-15/h3-12,14,17-19,26-27H,2,13H2,1H3,(H,23,24)(H,25,28). The van der Waals surface area contributed by atoms with Crippen molar-refractivity contribution in [1.82, 2.24) is 26.1 Å². The summed E-state index contributed by atoms with van der Waals surface area (Å²) in [5.74, 6) is 0.760. The summed E-state index contributed by atoms with van der Waals surface area (Å²) in [4.78, 5) is 20.6. The van der Waals surface area contributed by atoms with Crippen molar-refractivity contribution in [1.29, 1.82) is 0 Å². The molecule has 4 rings (SSSR count).